The molecule has 0 unspecified atom stereocenters. The van der Waals surface area contributed by atoms with Gasteiger partial charge in [0, 0.05) is 25.0 Å². The topological polar surface area (TPSA) is 46.1 Å². The van der Waals surface area contributed by atoms with E-state index in [9.17, 15) is 4.79 Å². The summed E-state index contributed by atoms with van der Waals surface area (Å²) in [6, 6.07) is 7.56. The second kappa shape index (κ2) is 6.61. The number of hydrogen-bond donors (Lipinski definition) is 0. The van der Waals surface area contributed by atoms with E-state index in [-0.39, 0.29) is 0 Å². The molecule has 0 N–H and O–H groups in total. The van der Waals surface area contributed by atoms with Crippen molar-refractivity contribution in [2.24, 2.45) is 0 Å². The molecule has 0 fully saturated rings. The molecule has 0 atom stereocenters. The molecule has 4 heteroatoms. The summed E-state index contributed by atoms with van der Waals surface area (Å²) in [6.45, 7) is 2.63. The lowest BCUT2D eigenvalue weighted by molar-refractivity contribution is 0.112. The van der Waals surface area contributed by atoms with Crippen molar-refractivity contribution in [3.05, 3.63) is 65.4 Å². The van der Waals surface area contributed by atoms with Gasteiger partial charge in [-0.15, -0.1) is 0 Å². The number of aldehydes is 1. The number of benzene rings is 1. The van der Waals surface area contributed by atoms with Gasteiger partial charge in [0.2, 0.25) is 0 Å². The summed E-state index contributed by atoms with van der Waals surface area (Å²) in [5.74, 6) is 0.763. The zero-order valence-electron chi connectivity index (χ0n) is 11.7. The van der Waals surface area contributed by atoms with Crippen LogP contribution in [0.5, 0.6) is 0 Å². The first kappa shape index (κ1) is 13.9. The number of aromatic nitrogens is 2. The van der Waals surface area contributed by atoms with Gasteiger partial charge in [0.15, 0.2) is 6.29 Å². The Balaban J connectivity index is 2.09. The van der Waals surface area contributed by atoms with Gasteiger partial charge in [-0.1, -0.05) is 23.8 Å². The van der Waals surface area contributed by atoms with Crippen molar-refractivity contribution < 1.29 is 4.79 Å². The quantitative estimate of drug-likeness (QED) is 0.781. The standard InChI is InChI=1S/C16H17N3O/c1-13-4-5-15(12-20)14(10-13)6-9-19(2)11-16-17-7-3-8-18-16/h3-10,12H,11H2,1-2H3/b9-6-. The smallest absolute Gasteiger partial charge is 0.150 e. The molecule has 0 aliphatic carbocycles. The SMILES string of the molecule is Cc1ccc(C=O)c(/C=C\N(C)Cc2ncccn2)c1. The lowest BCUT2D eigenvalue weighted by Crippen LogP contribution is -2.12. The summed E-state index contributed by atoms with van der Waals surface area (Å²) in [4.78, 5) is 21.3. The first-order valence-corrected chi connectivity index (χ1v) is 6.39. The maximum absolute atomic E-state index is 11.0. The Hall–Kier alpha value is -2.49. The van der Waals surface area contributed by atoms with Crippen LogP contribution in [0.1, 0.15) is 27.3 Å². The molecule has 0 saturated heterocycles. The Morgan fingerprint density at radius 2 is 1.95 bits per heavy atom. The molecule has 0 spiro atoms. The van der Waals surface area contributed by atoms with E-state index in [2.05, 4.69) is 9.97 Å². The van der Waals surface area contributed by atoms with Crippen LogP contribution in [-0.2, 0) is 6.54 Å². The van der Waals surface area contributed by atoms with Gasteiger partial charge in [-0.3, -0.25) is 4.79 Å². The number of carbonyl (C=O) groups excluding carboxylic acids is 1. The van der Waals surface area contributed by atoms with Crippen LogP contribution in [0.3, 0.4) is 0 Å². The Morgan fingerprint density at radius 1 is 1.20 bits per heavy atom. The molecular weight excluding hydrogens is 250 g/mol. The van der Waals surface area contributed by atoms with Crippen molar-refractivity contribution in [3.8, 4) is 0 Å². The minimum atomic E-state index is 0.625. The summed E-state index contributed by atoms with van der Waals surface area (Å²) in [5, 5.41) is 0. The molecule has 0 aliphatic rings. The maximum atomic E-state index is 11.0. The van der Waals surface area contributed by atoms with Gasteiger partial charge in [-0.25, -0.2) is 9.97 Å². The van der Waals surface area contributed by atoms with Crippen molar-refractivity contribution in [1.82, 2.24) is 14.9 Å². The van der Waals surface area contributed by atoms with Gasteiger partial charge in [-0.05, 0) is 30.8 Å². The molecule has 0 bridgehead atoms. The largest absolute Gasteiger partial charge is 0.373 e. The van der Waals surface area contributed by atoms with Crippen molar-refractivity contribution >= 4 is 12.4 Å². The summed E-state index contributed by atoms with van der Waals surface area (Å²) in [7, 11) is 1.95. The third-order valence-corrected chi connectivity index (χ3v) is 2.89. The normalized spacial score (nSPS) is 10.7. The van der Waals surface area contributed by atoms with Crippen molar-refractivity contribution in [1.29, 1.82) is 0 Å². The average molecular weight is 267 g/mol. The number of carbonyl (C=O) groups is 1. The lowest BCUT2D eigenvalue weighted by Gasteiger charge is -2.12. The molecule has 1 heterocycles. The van der Waals surface area contributed by atoms with E-state index in [4.69, 9.17) is 0 Å². The summed E-state index contributed by atoms with van der Waals surface area (Å²) in [6.07, 6.45) is 8.19. The Kier molecular flexibility index (Phi) is 4.60. The fourth-order valence-electron chi connectivity index (χ4n) is 1.84. The lowest BCUT2D eigenvalue weighted by atomic mass is 10.1. The van der Waals surface area contributed by atoms with E-state index in [0.29, 0.717) is 12.1 Å². The van der Waals surface area contributed by atoms with Crippen molar-refractivity contribution in [2.75, 3.05) is 7.05 Å². The van der Waals surface area contributed by atoms with Gasteiger partial charge in [0.1, 0.15) is 5.82 Å². The minimum Gasteiger partial charge on any atom is -0.373 e. The van der Waals surface area contributed by atoms with E-state index in [1.54, 1.807) is 18.5 Å². The highest BCUT2D eigenvalue weighted by Crippen LogP contribution is 2.12. The summed E-state index contributed by atoms with van der Waals surface area (Å²) >= 11 is 0. The van der Waals surface area contributed by atoms with Gasteiger partial charge in [-0.2, -0.15) is 0 Å². The molecule has 1 aromatic carbocycles. The third-order valence-electron chi connectivity index (χ3n) is 2.89. The molecule has 0 aliphatic heterocycles. The van der Waals surface area contributed by atoms with Gasteiger partial charge >= 0.3 is 0 Å². The second-order valence-electron chi connectivity index (χ2n) is 4.65. The molecule has 0 radical (unpaired) electrons. The average Bonchev–Trinajstić information content (AvgIpc) is 2.46. The first-order valence-electron chi connectivity index (χ1n) is 6.39. The first-order chi connectivity index (χ1) is 9.69. The summed E-state index contributed by atoms with van der Waals surface area (Å²) < 4.78 is 0. The van der Waals surface area contributed by atoms with Crippen molar-refractivity contribution in [3.63, 3.8) is 0 Å². The highest BCUT2D eigenvalue weighted by molar-refractivity contribution is 5.81. The number of nitrogens with zero attached hydrogens (tertiary/aromatic N) is 3. The van der Waals surface area contributed by atoms with Crippen LogP contribution >= 0.6 is 0 Å². The maximum Gasteiger partial charge on any atom is 0.150 e. The van der Waals surface area contributed by atoms with Crippen LogP contribution in [0, 0.1) is 6.92 Å². The van der Waals surface area contributed by atoms with Gasteiger partial charge < -0.3 is 4.90 Å². The van der Waals surface area contributed by atoms with E-state index in [0.717, 1.165) is 23.2 Å². The Morgan fingerprint density at radius 3 is 2.65 bits per heavy atom. The molecule has 0 amide bonds. The van der Waals surface area contributed by atoms with Gasteiger partial charge in [0.05, 0.1) is 6.54 Å². The predicted molar refractivity (Wildman–Crippen MR) is 79.1 cm³/mol. The second-order valence-corrected chi connectivity index (χ2v) is 4.65. The van der Waals surface area contributed by atoms with Crippen LogP contribution in [0.15, 0.2) is 42.9 Å². The fraction of sp³-hybridized carbons (Fsp3) is 0.188. The molecule has 4 nitrogen and oxygen atoms in total. The number of rotatable bonds is 5. The van der Waals surface area contributed by atoms with Crippen LogP contribution < -0.4 is 0 Å². The molecule has 0 saturated carbocycles. The predicted octanol–water partition coefficient (Wildman–Crippen LogP) is 2.70. The zero-order chi connectivity index (χ0) is 14.4. The van der Waals surface area contributed by atoms with Crippen molar-refractivity contribution in [2.45, 2.75) is 13.5 Å². The Bertz CT molecular complexity index is 608. The van der Waals surface area contributed by atoms with E-state index >= 15 is 0 Å². The molecular formula is C16H17N3O. The van der Waals surface area contributed by atoms with Crippen LogP contribution in [0.25, 0.3) is 6.08 Å². The van der Waals surface area contributed by atoms with Crippen LogP contribution in [-0.4, -0.2) is 28.2 Å². The minimum absolute atomic E-state index is 0.625. The molecule has 2 aromatic rings. The number of hydrogen-bond acceptors (Lipinski definition) is 4. The zero-order valence-corrected chi connectivity index (χ0v) is 11.7. The van der Waals surface area contributed by atoms with E-state index < -0.39 is 0 Å². The van der Waals surface area contributed by atoms with Crippen LogP contribution in [0.4, 0.5) is 0 Å². The highest BCUT2D eigenvalue weighted by Gasteiger charge is 2.00. The molecule has 20 heavy (non-hydrogen) atoms. The molecule has 1 aromatic heterocycles. The fourth-order valence-corrected chi connectivity index (χ4v) is 1.84. The highest BCUT2D eigenvalue weighted by atomic mass is 16.1. The van der Waals surface area contributed by atoms with E-state index in [1.807, 2.05) is 49.3 Å². The summed E-state index contributed by atoms with van der Waals surface area (Å²) in [5.41, 5.74) is 2.74. The number of aryl methyl sites for hydroxylation is 1. The van der Waals surface area contributed by atoms with E-state index in [1.165, 1.54) is 0 Å². The Labute approximate surface area is 118 Å². The molecule has 2 rings (SSSR count). The monoisotopic (exact) mass is 267 g/mol. The molecule has 102 valence electrons. The third kappa shape index (κ3) is 3.75. The van der Waals surface area contributed by atoms with Crippen LogP contribution in [0.2, 0.25) is 0 Å². The van der Waals surface area contributed by atoms with Gasteiger partial charge in [0.25, 0.3) is 0 Å².